The van der Waals surface area contributed by atoms with E-state index in [0.29, 0.717) is 64.9 Å². The van der Waals surface area contributed by atoms with Crippen molar-refractivity contribution in [2.75, 3.05) is 35.7 Å². The van der Waals surface area contributed by atoms with Gasteiger partial charge in [0.15, 0.2) is 5.82 Å². The summed E-state index contributed by atoms with van der Waals surface area (Å²) in [7, 11) is -1.26. The van der Waals surface area contributed by atoms with Crippen LogP contribution in [0.1, 0.15) is 24.9 Å². The van der Waals surface area contributed by atoms with Crippen molar-refractivity contribution in [3.63, 3.8) is 0 Å². The van der Waals surface area contributed by atoms with Crippen molar-refractivity contribution in [3.8, 4) is 0 Å². The topological polar surface area (TPSA) is 139 Å². The molecule has 4 heterocycles. The van der Waals surface area contributed by atoms with Crippen molar-refractivity contribution in [1.82, 2.24) is 25.3 Å². The maximum Gasteiger partial charge on any atom is 0.414 e. The lowest BCUT2D eigenvalue weighted by molar-refractivity contribution is -0.119. The maximum absolute atomic E-state index is 12.6. The summed E-state index contributed by atoms with van der Waals surface area (Å²) >= 11 is 22.2. The number of alkyl halides is 3. The van der Waals surface area contributed by atoms with Crippen molar-refractivity contribution >= 4 is 86.5 Å². The number of imide groups is 1. The number of aryl methyl sites for hydroxylation is 1. The van der Waals surface area contributed by atoms with Crippen molar-refractivity contribution in [3.05, 3.63) is 35.0 Å². The Balaban J connectivity index is 1.44. The van der Waals surface area contributed by atoms with E-state index in [1.165, 1.54) is 0 Å². The number of nitrogens with one attached hydrogen (secondary N) is 2. The van der Waals surface area contributed by atoms with Gasteiger partial charge in [0.2, 0.25) is 5.95 Å². The highest BCUT2D eigenvalue weighted by Gasteiger charge is 2.33. The van der Waals surface area contributed by atoms with Crippen LogP contribution in [0.3, 0.4) is 0 Å². The van der Waals surface area contributed by atoms with E-state index in [2.05, 4.69) is 25.3 Å². The molecule has 0 saturated heterocycles. The largest absolute Gasteiger partial charge is 0.447 e. The van der Waals surface area contributed by atoms with Gasteiger partial charge in [0.25, 0.3) is 9.70 Å². The molecule has 0 bridgehead atoms. The van der Waals surface area contributed by atoms with Gasteiger partial charge in [-0.1, -0.05) is 52.5 Å². The zero-order valence-corrected chi connectivity index (χ0v) is 23.2. The van der Waals surface area contributed by atoms with Crippen LogP contribution in [-0.2, 0) is 26.8 Å². The number of hydrogen-bond donors (Lipinski definition) is 2. The van der Waals surface area contributed by atoms with Gasteiger partial charge in [0.1, 0.15) is 17.3 Å². The average molecular weight is 609 g/mol. The molecule has 198 valence electrons. The number of alkyl carbamates (subject to hydrolysis) is 1. The minimum atomic E-state index is -2.29. The molecule has 2 aromatic rings. The lowest BCUT2D eigenvalue weighted by Gasteiger charge is -2.27. The number of carbonyl (C=O) groups excluding carboxylic acids is 2. The number of anilines is 2. The van der Waals surface area contributed by atoms with Gasteiger partial charge in [0.05, 0.1) is 27.6 Å². The van der Waals surface area contributed by atoms with Crippen LogP contribution in [0.25, 0.3) is 5.57 Å². The van der Waals surface area contributed by atoms with E-state index < -0.39 is 32.6 Å². The highest BCUT2D eigenvalue weighted by Crippen LogP contribution is 2.31. The van der Waals surface area contributed by atoms with Crippen LogP contribution in [0.4, 0.5) is 16.6 Å². The quantitative estimate of drug-likeness (QED) is 0.469. The molecule has 1 unspecified atom stereocenters. The molecule has 0 fully saturated rings. The van der Waals surface area contributed by atoms with Crippen LogP contribution in [0.15, 0.2) is 23.4 Å². The number of hydrogen-bond acceptors (Lipinski definition) is 10. The van der Waals surface area contributed by atoms with Crippen molar-refractivity contribution in [2.45, 2.75) is 34.5 Å². The molecule has 2 atom stereocenters. The Kier molecular flexibility index (Phi) is 8.74. The fourth-order valence-corrected chi connectivity index (χ4v) is 5.18. The van der Waals surface area contributed by atoms with E-state index in [4.69, 9.17) is 51.1 Å². The second kappa shape index (κ2) is 11.6. The van der Waals surface area contributed by atoms with Gasteiger partial charge in [-0.15, -0.1) is 0 Å². The Morgan fingerprint density at radius 3 is 2.59 bits per heavy atom. The van der Waals surface area contributed by atoms with Crippen LogP contribution >= 0.6 is 46.4 Å². The lowest BCUT2D eigenvalue weighted by Crippen LogP contribution is -2.40. The predicted molar refractivity (Wildman–Crippen MR) is 142 cm³/mol. The van der Waals surface area contributed by atoms with E-state index >= 15 is 0 Å². The standard InChI is InChI=1S/C21H21Cl4N7O4S/c1-11(10-36-20(34)31-18(33)21(23,24)25)28-17-15-14(4-7-37(15)35)29-19(30-17)32-5-2-12(3-6-32)16-26-8-13(22)9-27-16/h2,8-9,11H,3-7,10H2,1H3,(H,28,29,30)(H,31,33,34)/t11?,37-/m1/s1. The van der Waals surface area contributed by atoms with Gasteiger partial charge in [-0.25, -0.2) is 19.7 Å². The number of halogens is 4. The van der Waals surface area contributed by atoms with E-state index in [1.807, 2.05) is 16.3 Å². The molecular formula is C21H21Cl4N7O4S. The first kappa shape index (κ1) is 27.8. The highest BCUT2D eigenvalue weighted by molar-refractivity contribution is 7.85. The van der Waals surface area contributed by atoms with E-state index in [0.717, 1.165) is 5.57 Å². The Labute approximate surface area is 234 Å². The summed E-state index contributed by atoms with van der Waals surface area (Å²) in [5.41, 5.74) is 1.71. The summed E-state index contributed by atoms with van der Waals surface area (Å²) < 4.78 is 15.4. The normalized spacial score (nSPS) is 18.0. The zero-order valence-electron chi connectivity index (χ0n) is 19.3. The second-order valence-corrected chi connectivity index (χ2v) is 12.4. The number of fused-ring (bicyclic) bond motifs is 1. The first-order chi connectivity index (χ1) is 17.5. The molecule has 4 rings (SSSR count). The molecule has 2 amide bonds. The first-order valence-electron chi connectivity index (χ1n) is 11.0. The minimum absolute atomic E-state index is 0.142. The van der Waals surface area contributed by atoms with E-state index in [1.54, 1.807) is 19.3 Å². The molecule has 0 saturated carbocycles. The third kappa shape index (κ3) is 6.99. The Morgan fingerprint density at radius 1 is 1.22 bits per heavy atom. The molecule has 2 N–H and O–H groups in total. The molecule has 0 radical (unpaired) electrons. The number of carbonyl (C=O) groups is 2. The van der Waals surface area contributed by atoms with Crippen molar-refractivity contribution < 1.29 is 18.5 Å². The second-order valence-electron chi connectivity index (χ2n) is 8.19. The molecule has 2 aliphatic rings. The molecule has 2 aliphatic heterocycles. The van der Waals surface area contributed by atoms with Gasteiger partial charge in [-0.05, 0) is 18.9 Å². The number of amides is 2. The lowest BCUT2D eigenvalue weighted by atomic mass is 10.1. The summed E-state index contributed by atoms with van der Waals surface area (Å²) in [6, 6.07) is -0.451. The van der Waals surface area contributed by atoms with Gasteiger partial charge < -0.3 is 15.0 Å². The molecule has 11 nitrogen and oxygen atoms in total. The smallest absolute Gasteiger partial charge is 0.414 e. The van der Waals surface area contributed by atoms with Crippen molar-refractivity contribution in [1.29, 1.82) is 0 Å². The predicted octanol–water partition coefficient (Wildman–Crippen LogP) is 3.30. The maximum atomic E-state index is 12.6. The summed E-state index contributed by atoms with van der Waals surface area (Å²) in [6.07, 6.45) is 5.32. The minimum Gasteiger partial charge on any atom is -0.447 e. The third-order valence-corrected chi connectivity index (χ3v) is 7.57. The zero-order chi connectivity index (χ0) is 26.7. The van der Waals surface area contributed by atoms with Gasteiger partial charge in [0, 0.05) is 37.7 Å². The van der Waals surface area contributed by atoms with Crippen LogP contribution in [0.2, 0.25) is 5.02 Å². The van der Waals surface area contributed by atoms with Gasteiger partial charge >= 0.3 is 6.09 Å². The van der Waals surface area contributed by atoms with Crippen LogP contribution in [-0.4, -0.2) is 71.4 Å². The summed E-state index contributed by atoms with van der Waals surface area (Å²) in [5.74, 6) is 0.849. The summed E-state index contributed by atoms with van der Waals surface area (Å²) in [4.78, 5) is 43.8. The van der Waals surface area contributed by atoms with E-state index in [9.17, 15) is 13.8 Å². The van der Waals surface area contributed by atoms with Crippen LogP contribution in [0.5, 0.6) is 0 Å². The Hall–Kier alpha value is -2.25. The highest BCUT2D eigenvalue weighted by atomic mass is 35.6. The van der Waals surface area contributed by atoms with Crippen LogP contribution < -0.4 is 15.5 Å². The number of rotatable bonds is 6. The molecule has 0 aliphatic carbocycles. The fraction of sp³-hybridized carbons (Fsp3) is 0.429. The molecule has 2 aromatic heterocycles. The van der Waals surface area contributed by atoms with Gasteiger partial charge in [-0.3, -0.25) is 14.3 Å². The molecule has 0 aromatic carbocycles. The van der Waals surface area contributed by atoms with Crippen molar-refractivity contribution in [2.24, 2.45) is 0 Å². The summed E-state index contributed by atoms with van der Waals surface area (Å²) in [6.45, 7) is 2.77. The third-order valence-electron chi connectivity index (χ3n) is 5.40. The fourth-order valence-electron chi connectivity index (χ4n) is 3.63. The molecule has 0 spiro atoms. The number of nitrogens with zero attached hydrogens (tertiary/aromatic N) is 5. The monoisotopic (exact) mass is 607 g/mol. The molecule has 16 heteroatoms. The molecule has 37 heavy (non-hydrogen) atoms. The first-order valence-corrected chi connectivity index (χ1v) is 13.9. The van der Waals surface area contributed by atoms with Crippen LogP contribution in [0, 0.1) is 0 Å². The van der Waals surface area contributed by atoms with Gasteiger partial charge in [-0.2, -0.15) is 4.98 Å². The Morgan fingerprint density at radius 2 is 1.95 bits per heavy atom. The molecular weight excluding hydrogens is 588 g/mol. The SMILES string of the molecule is CC(COC(=O)NC(=O)C(Cl)(Cl)Cl)Nc1nc(N2CC=C(c3ncc(Cl)cn3)CC2)nc2c1[S@](=O)CC2. The Bertz CT molecular complexity index is 1260. The average Bonchev–Trinajstić information content (AvgIpc) is 3.23. The number of ether oxygens (including phenoxy) is 1. The summed E-state index contributed by atoms with van der Waals surface area (Å²) in [5, 5.41) is 5.45. The number of aromatic nitrogens is 4. The van der Waals surface area contributed by atoms with E-state index in [-0.39, 0.29) is 6.61 Å².